The monoisotopic (exact) mass is 1050 g/mol. The smallest absolute Gasteiger partial charge is 0.260 e. The minimum absolute atomic E-state index is 0.0217. The van der Waals surface area contributed by atoms with Gasteiger partial charge in [-0.15, -0.1) is 0 Å². The molecule has 0 saturated heterocycles. The Morgan fingerprint density at radius 3 is 1.34 bits per heavy atom. The van der Waals surface area contributed by atoms with Gasteiger partial charge in [-0.2, -0.15) is 0 Å². The molecule has 2 unspecified atom stereocenters. The summed E-state index contributed by atoms with van der Waals surface area (Å²) in [5.41, 5.74) is 11.5. The highest BCUT2D eigenvalue weighted by molar-refractivity contribution is 6.76. The van der Waals surface area contributed by atoms with Crippen LogP contribution in [0.25, 0.3) is 11.1 Å². The van der Waals surface area contributed by atoms with E-state index in [2.05, 4.69) is 39.3 Å². The van der Waals surface area contributed by atoms with Gasteiger partial charge in [0.2, 0.25) is 0 Å². The normalized spacial score (nSPS) is 17.5. The minimum Gasteiger partial charge on any atom is -0.497 e. The van der Waals surface area contributed by atoms with Crippen molar-refractivity contribution in [3.63, 3.8) is 0 Å². The summed E-state index contributed by atoms with van der Waals surface area (Å²) in [6.07, 6.45) is 6.25. The second-order valence-corrected chi connectivity index (χ2v) is 32.8. The number of nitrogens with zero attached hydrogens (tertiary/aromatic N) is 4. The Hall–Kier alpha value is -6.61. The van der Waals surface area contributed by atoms with Crippen LogP contribution in [0.2, 0.25) is 51.4 Å². The van der Waals surface area contributed by atoms with E-state index in [-0.39, 0.29) is 37.1 Å². The predicted molar refractivity (Wildman–Crippen MR) is 293 cm³/mol. The summed E-state index contributed by atoms with van der Waals surface area (Å²) in [5.74, 6) is 1.11. The molecule has 4 aromatic carbocycles. The average Bonchev–Trinajstić information content (AvgIpc) is 4.01. The Morgan fingerprint density at radius 1 is 0.527 bits per heavy atom. The van der Waals surface area contributed by atoms with Crippen LogP contribution in [0.3, 0.4) is 0 Å². The Kier molecular flexibility index (Phi) is 16.6. The second kappa shape index (κ2) is 22.9. The van der Waals surface area contributed by atoms with Gasteiger partial charge in [-0.1, -0.05) is 63.5 Å². The van der Waals surface area contributed by atoms with Gasteiger partial charge in [0, 0.05) is 72.4 Å². The molecule has 4 amide bonds. The molecule has 4 aliphatic heterocycles. The van der Waals surface area contributed by atoms with Crippen molar-refractivity contribution in [1.82, 2.24) is 9.80 Å². The molecule has 4 aromatic rings. The van der Waals surface area contributed by atoms with Gasteiger partial charge < -0.3 is 48.7 Å². The number of amides is 4. The molecule has 8 rings (SSSR count). The highest BCUT2D eigenvalue weighted by Crippen LogP contribution is 2.44. The zero-order chi connectivity index (χ0) is 52.9. The van der Waals surface area contributed by atoms with Gasteiger partial charge in [-0.05, 0) is 90.0 Å². The summed E-state index contributed by atoms with van der Waals surface area (Å²) >= 11 is 0. The van der Waals surface area contributed by atoms with E-state index in [1.165, 1.54) is 24.0 Å². The van der Waals surface area contributed by atoms with Crippen molar-refractivity contribution in [3.8, 4) is 28.7 Å². The third-order valence-corrected chi connectivity index (χ3v) is 17.2. The number of methoxy groups -OCH3 is 3. The maximum atomic E-state index is 14.6. The molecule has 16 nitrogen and oxygen atoms in total. The molecule has 4 aliphatic rings. The predicted octanol–water partition coefficient (Wildman–Crippen LogP) is 9.75. The summed E-state index contributed by atoms with van der Waals surface area (Å²) in [5, 5.41) is 0. The summed E-state index contributed by atoms with van der Waals surface area (Å²) in [7, 11) is 1.81. The van der Waals surface area contributed by atoms with E-state index >= 15 is 0 Å². The molecule has 2 atom stereocenters. The van der Waals surface area contributed by atoms with Gasteiger partial charge in [0.15, 0.2) is 23.0 Å². The zero-order valence-corrected chi connectivity index (χ0v) is 46.3. The van der Waals surface area contributed by atoms with Crippen LogP contribution in [0.4, 0.5) is 17.1 Å². The third kappa shape index (κ3) is 12.1. The largest absolute Gasteiger partial charge is 0.497 e. The van der Waals surface area contributed by atoms with E-state index in [9.17, 15) is 19.2 Å². The van der Waals surface area contributed by atoms with Crippen LogP contribution in [0.1, 0.15) is 63.9 Å². The molecule has 4 heterocycles. The number of nitrogen functional groups attached to an aromatic ring is 1. The number of fused-ring (bicyclic) bond motifs is 4. The van der Waals surface area contributed by atoms with E-state index in [1.807, 2.05) is 48.5 Å². The first kappa shape index (κ1) is 53.7. The van der Waals surface area contributed by atoms with Crippen molar-refractivity contribution in [2.75, 3.05) is 76.8 Å². The van der Waals surface area contributed by atoms with E-state index in [0.717, 1.165) is 40.8 Å². The summed E-state index contributed by atoms with van der Waals surface area (Å²) < 4.78 is 42.0. The highest BCUT2D eigenvalue weighted by Gasteiger charge is 2.45. The second-order valence-electron chi connectivity index (χ2n) is 21.6. The van der Waals surface area contributed by atoms with Crippen LogP contribution in [-0.2, 0) is 19.1 Å². The van der Waals surface area contributed by atoms with Crippen LogP contribution < -0.4 is 39.2 Å². The number of ether oxygens (including phenoxy) is 7. The molecule has 18 heteroatoms. The van der Waals surface area contributed by atoms with Gasteiger partial charge in [-0.3, -0.25) is 29.0 Å². The molecular weight excluding hydrogens is 975 g/mol. The maximum absolute atomic E-state index is 14.6. The lowest BCUT2D eigenvalue weighted by Gasteiger charge is -2.27. The van der Waals surface area contributed by atoms with Gasteiger partial charge in [0.05, 0.1) is 57.0 Å². The van der Waals surface area contributed by atoms with Crippen molar-refractivity contribution in [2.45, 2.75) is 95.6 Å². The number of rotatable bonds is 23. The van der Waals surface area contributed by atoms with Crippen LogP contribution in [0.15, 0.2) is 85.2 Å². The number of hydrogen-bond donors (Lipinski definition) is 1. The number of anilines is 3. The lowest BCUT2D eigenvalue weighted by molar-refractivity contribution is -0.123. The van der Waals surface area contributed by atoms with Gasteiger partial charge in [0.1, 0.15) is 31.3 Å². The molecule has 0 aromatic heterocycles. The first-order chi connectivity index (χ1) is 35.4. The van der Waals surface area contributed by atoms with E-state index in [1.54, 1.807) is 53.6 Å². The SMILES string of the molecule is COc1ccc(C2=CN3C(=O)c4cc(OC)c(OCCCCCOc5cc6c(cc5OC)C(=O)N5C=C(c7ccc(N)cc7)CC5C(=O)N6COCC[Si](C)(C)C)cc4N(COCC[Si](C)(C)C)C(=O)C3C2)cc1. The van der Waals surface area contributed by atoms with Crippen molar-refractivity contribution in [3.05, 3.63) is 107 Å². The number of benzene rings is 4. The molecule has 2 N–H and O–H groups in total. The minimum atomic E-state index is -1.43. The fraction of sp³-hybridized carbons (Fsp3) is 0.429. The summed E-state index contributed by atoms with van der Waals surface area (Å²) in [4.78, 5) is 64.1. The van der Waals surface area contributed by atoms with E-state index in [0.29, 0.717) is 109 Å². The topological polar surface area (TPSA) is 172 Å². The Morgan fingerprint density at radius 2 is 0.946 bits per heavy atom. The lowest BCUT2D eigenvalue weighted by Crippen LogP contribution is -2.45. The number of carbonyl (C=O) groups excluding carboxylic acids is 4. The Balaban J connectivity index is 0.950. The maximum Gasteiger partial charge on any atom is 0.260 e. The highest BCUT2D eigenvalue weighted by atomic mass is 28.3. The molecule has 394 valence electrons. The van der Waals surface area contributed by atoms with E-state index < -0.39 is 28.2 Å². The number of nitrogens with two attached hydrogens (primary N) is 1. The fourth-order valence-corrected chi connectivity index (χ4v) is 10.8. The lowest BCUT2D eigenvalue weighted by atomic mass is 10.0. The quantitative estimate of drug-likeness (QED) is 0.0424. The molecule has 0 radical (unpaired) electrons. The van der Waals surface area contributed by atoms with Crippen LogP contribution >= 0.6 is 0 Å². The molecule has 74 heavy (non-hydrogen) atoms. The Bertz CT molecular complexity index is 2790. The van der Waals surface area contributed by atoms with Gasteiger partial charge >= 0.3 is 0 Å². The van der Waals surface area contributed by atoms with E-state index in [4.69, 9.17) is 38.9 Å². The van der Waals surface area contributed by atoms with Crippen molar-refractivity contribution < 1.29 is 52.3 Å². The summed E-state index contributed by atoms with van der Waals surface area (Å²) in [6.45, 7) is 15.2. The van der Waals surface area contributed by atoms with Gasteiger partial charge in [0.25, 0.3) is 23.6 Å². The van der Waals surface area contributed by atoms with Crippen LogP contribution in [0.5, 0.6) is 28.7 Å². The molecular formula is C56H71N5O11Si2. The molecule has 0 aliphatic carbocycles. The summed E-state index contributed by atoms with van der Waals surface area (Å²) in [6, 6.07) is 22.0. The molecule has 0 bridgehead atoms. The third-order valence-electron chi connectivity index (χ3n) is 13.7. The number of hydrogen-bond acceptors (Lipinski definition) is 12. The number of carbonyl (C=O) groups is 4. The average molecular weight is 1050 g/mol. The van der Waals surface area contributed by atoms with Crippen LogP contribution in [0, 0.1) is 0 Å². The molecule has 0 spiro atoms. The number of unbranched alkanes of at least 4 members (excludes halogenated alkanes) is 2. The zero-order valence-electron chi connectivity index (χ0n) is 44.3. The van der Waals surface area contributed by atoms with Crippen LogP contribution in [-0.4, -0.2) is 123 Å². The van der Waals surface area contributed by atoms with Crippen molar-refractivity contribution >= 4 is 68.0 Å². The van der Waals surface area contributed by atoms with Crippen molar-refractivity contribution in [2.24, 2.45) is 0 Å². The molecule has 0 saturated carbocycles. The molecule has 0 fully saturated rings. The first-order valence-electron chi connectivity index (χ1n) is 25.4. The standard InChI is InChI=1S/C56H71N5O11Si2/c1-66-42-19-15-38(16-20-42)40-28-48-56(65)61(36-70-24-26-74(7,8)9)46-32-52(50(68-3)30-44(46)54(63)59(48)34-40)72-22-12-10-11-21-71-51-31-45-43(29-49(51)67-2)53(62)58-33-39(37-13-17-41(57)18-14-37)27-47(58)55(64)60(45)35-69-23-25-73(4,5)6/h13-20,29-34,47-48H,10-12,21-28,35-36,57H2,1-9H3. The Labute approximate surface area is 436 Å². The fourth-order valence-electron chi connectivity index (χ4n) is 9.32. The first-order valence-corrected chi connectivity index (χ1v) is 32.8. The van der Waals surface area contributed by atoms with Crippen molar-refractivity contribution in [1.29, 1.82) is 0 Å². The van der Waals surface area contributed by atoms with Gasteiger partial charge in [-0.25, -0.2) is 0 Å².